The average Bonchev–Trinajstić information content (AvgIpc) is 2.72. The smallest absolute Gasteiger partial charge is 0.316 e. The topological polar surface area (TPSA) is 49.9 Å². The zero-order chi connectivity index (χ0) is 19.9. The monoisotopic (exact) mass is 422 g/mol. The van der Waals surface area contributed by atoms with E-state index in [9.17, 15) is 14.0 Å². The summed E-state index contributed by atoms with van der Waals surface area (Å²) in [6.45, 7) is 1.72. The van der Waals surface area contributed by atoms with Crippen molar-refractivity contribution >= 4 is 40.9 Å². The first-order chi connectivity index (χ1) is 13.5. The van der Waals surface area contributed by atoms with Crippen LogP contribution in [0.15, 0.2) is 53.4 Å². The number of piperazine rings is 1. The first-order valence-electron chi connectivity index (χ1n) is 8.84. The summed E-state index contributed by atoms with van der Waals surface area (Å²) in [5.74, 6) is -0.832. The van der Waals surface area contributed by atoms with Gasteiger partial charge in [0.25, 0.3) is 5.91 Å². The van der Waals surface area contributed by atoms with Gasteiger partial charge in [-0.05, 0) is 36.4 Å². The molecule has 1 fully saturated rings. The number of hydrogen-bond acceptors (Lipinski definition) is 5. The lowest BCUT2D eigenvalue weighted by Crippen LogP contribution is -2.50. The molecule has 0 radical (unpaired) electrons. The maximum absolute atomic E-state index is 13.9. The number of benzene rings is 2. The number of esters is 1. The number of carbonyl (C=O) groups excluding carboxylic acids is 2. The van der Waals surface area contributed by atoms with Crippen molar-refractivity contribution in [1.29, 1.82) is 0 Å². The summed E-state index contributed by atoms with van der Waals surface area (Å²) in [4.78, 5) is 28.6. The third-order valence-electron chi connectivity index (χ3n) is 4.35. The second-order valence-corrected chi connectivity index (χ2v) is 7.71. The van der Waals surface area contributed by atoms with E-state index in [1.165, 1.54) is 17.8 Å². The van der Waals surface area contributed by atoms with Gasteiger partial charge < -0.3 is 14.5 Å². The molecule has 1 saturated heterocycles. The zero-order valence-corrected chi connectivity index (χ0v) is 16.7. The van der Waals surface area contributed by atoms with E-state index < -0.39 is 5.97 Å². The fourth-order valence-corrected chi connectivity index (χ4v) is 3.68. The predicted octanol–water partition coefficient (Wildman–Crippen LogP) is 3.46. The molecule has 0 bridgehead atoms. The highest BCUT2D eigenvalue weighted by Crippen LogP contribution is 2.21. The number of carbonyl (C=O) groups is 2. The molecule has 0 aromatic heterocycles. The van der Waals surface area contributed by atoms with Crippen LogP contribution in [0.25, 0.3) is 0 Å². The van der Waals surface area contributed by atoms with Crippen LogP contribution in [0.5, 0.6) is 0 Å². The van der Waals surface area contributed by atoms with Crippen LogP contribution < -0.4 is 4.90 Å². The molecule has 148 valence electrons. The van der Waals surface area contributed by atoms with Gasteiger partial charge in [0.15, 0.2) is 6.61 Å². The van der Waals surface area contributed by atoms with E-state index in [2.05, 4.69) is 0 Å². The van der Waals surface area contributed by atoms with Crippen molar-refractivity contribution in [2.75, 3.05) is 43.4 Å². The molecule has 8 heteroatoms. The van der Waals surface area contributed by atoms with E-state index >= 15 is 0 Å². The van der Waals surface area contributed by atoms with E-state index in [-0.39, 0.29) is 24.1 Å². The first kappa shape index (κ1) is 20.5. The van der Waals surface area contributed by atoms with E-state index in [1.54, 1.807) is 35.2 Å². The summed E-state index contributed by atoms with van der Waals surface area (Å²) in [5.41, 5.74) is 0.542. The Balaban J connectivity index is 1.39. The predicted molar refractivity (Wildman–Crippen MR) is 108 cm³/mol. The number of para-hydroxylation sites is 1. The molecular weight excluding hydrogens is 403 g/mol. The van der Waals surface area contributed by atoms with Crippen molar-refractivity contribution in [3.63, 3.8) is 0 Å². The van der Waals surface area contributed by atoms with Crippen LogP contribution in [0, 0.1) is 5.82 Å². The second-order valence-electron chi connectivity index (χ2n) is 6.22. The lowest BCUT2D eigenvalue weighted by Gasteiger charge is -2.36. The van der Waals surface area contributed by atoms with E-state index in [4.69, 9.17) is 16.3 Å². The highest BCUT2D eigenvalue weighted by Gasteiger charge is 2.23. The SMILES string of the molecule is O=C(CSc1ccc(Cl)cc1)OCC(=O)N1CCN(c2ccccc2F)CC1. The molecule has 5 nitrogen and oxygen atoms in total. The lowest BCUT2D eigenvalue weighted by molar-refractivity contribution is -0.150. The van der Waals surface area contributed by atoms with Crippen molar-refractivity contribution in [2.24, 2.45) is 0 Å². The number of rotatable bonds is 6. The minimum absolute atomic E-state index is 0.121. The van der Waals surface area contributed by atoms with Gasteiger partial charge in [-0.2, -0.15) is 0 Å². The molecule has 0 aliphatic carbocycles. The Labute approximate surface area is 172 Å². The average molecular weight is 423 g/mol. The summed E-state index contributed by atoms with van der Waals surface area (Å²) in [6.07, 6.45) is 0. The Bertz CT molecular complexity index is 826. The molecule has 0 atom stereocenters. The van der Waals surface area contributed by atoms with Gasteiger partial charge in [0.1, 0.15) is 5.82 Å². The molecule has 2 aromatic rings. The maximum atomic E-state index is 13.9. The van der Waals surface area contributed by atoms with Crippen LogP contribution in [0.2, 0.25) is 5.02 Å². The third-order valence-corrected chi connectivity index (χ3v) is 5.59. The molecule has 3 rings (SSSR count). The van der Waals surface area contributed by atoms with Crippen LogP contribution in [0.1, 0.15) is 0 Å². The van der Waals surface area contributed by atoms with Crippen LogP contribution in [-0.4, -0.2) is 55.3 Å². The number of halogens is 2. The second kappa shape index (κ2) is 9.80. The Morgan fingerprint density at radius 2 is 1.71 bits per heavy atom. The summed E-state index contributed by atoms with van der Waals surface area (Å²) in [5, 5.41) is 0.632. The summed E-state index contributed by atoms with van der Waals surface area (Å²) >= 11 is 7.14. The van der Waals surface area contributed by atoms with Gasteiger partial charge in [-0.1, -0.05) is 23.7 Å². The fourth-order valence-electron chi connectivity index (χ4n) is 2.85. The molecule has 1 aliphatic heterocycles. The summed E-state index contributed by atoms with van der Waals surface area (Å²) in [7, 11) is 0. The number of thioether (sulfide) groups is 1. The lowest BCUT2D eigenvalue weighted by atomic mass is 10.2. The molecule has 28 heavy (non-hydrogen) atoms. The van der Waals surface area contributed by atoms with Crippen LogP contribution in [-0.2, 0) is 14.3 Å². The van der Waals surface area contributed by atoms with Crippen molar-refractivity contribution < 1.29 is 18.7 Å². The standard InChI is InChI=1S/C20H20ClFN2O3S/c21-15-5-7-16(8-6-15)28-14-20(26)27-13-19(25)24-11-9-23(10-12-24)18-4-2-1-3-17(18)22/h1-8H,9-14H2. The number of amides is 1. The van der Waals surface area contributed by atoms with Gasteiger partial charge in [-0.15, -0.1) is 11.8 Å². The van der Waals surface area contributed by atoms with Gasteiger partial charge in [0, 0.05) is 36.1 Å². The molecule has 0 saturated carbocycles. The maximum Gasteiger partial charge on any atom is 0.316 e. The minimum Gasteiger partial charge on any atom is -0.455 e. The molecule has 0 unspecified atom stereocenters. The van der Waals surface area contributed by atoms with Gasteiger partial charge in [-0.3, -0.25) is 9.59 Å². The van der Waals surface area contributed by atoms with Crippen molar-refractivity contribution in [3.05, 3.63) is 59.4 Å². The molecule has 0 spiro atoms. The largest absolute Gasteiger partial charge is 0.455 e. The normalized spacial score (nSPS) is 14.1. The molecular formula is C20H20ClFN2O3S. The number of hydrogen-bond donors (Lipinski definition) is 0. The van der Waals surface area contributed by atoms with E-state index in [0.717, 1.165) is 4.90 Å². The van der Waals surface area contributed by atoms with Crippen LogP contribution >= 0.6 is 23.4 Å². The molecule has 2 aromatic carbocycles. The fraction of sp³-hybridized carbons (Fsp3) is 0.300. The summed E-state index contributed by atoms with van der Waals surface area (Å²) < 4.78 is 18.9. The molecule has 1 amide bonds. The van der Waals surface area contributed by atoms with Gasteiger partial charge in [0.05, 0.1) is 11.4 Å². The van der Waals surface area contributed by atoms with Gasteiger partial charge in [-0.25, -0.2) is 4.39 Å². The molecule has 1 heterocycles. The van der Waals surface area contributed by atoms with Gasteiger partial charge >= 0.3 is 5.97 Å². The minimum atomic E-state index is -0.446. The van der Waals surface area contributed by atoms with Gasteiger partial charge in [0.2, 0.25) is 0 Å². The highest BCUT2D eigenvalue weighted by molar-refractivity contribution is 8.00. The zero-order valence-electron chi connectivity index (χ0n) is 15.1. The Hall–Kier alpha value is -2.25. The Morgan fingerprint density at radius 1 is 1.04 bits per heavy atom. The summed E-state index contributed by atoms with van der Waals surface area (Å²) in [6, 6.07) is 13.7. The highest BCUT2D eigenvalue weighted by atomic mass is 35.5. The van der Waals surface area contributed by atoms with Crippen LogP contribution in [0.4, 0.5) is 10.1 Å². The van der Waals surface area contributed by atoms with Crippen molar-refractivity contribution in [1.82, 2.24) is 4.90 Å². The molecule has 0 N–H and O–H groups in total. The van der Waals surface area contributed by atoms with E-state index in [0.29, 0.717) is 36.9 Å². The van der Waals surface area contributed by atoms with Crippen molar-refractivity contribution in [2.45, 2.75) is 4.90 Å². The van der Waals surface area contributed by atoms with E-state index in [1.807, 2.05) is 17.0 Å². The first-order valence-corrected chi connectivity index (χ1v) is 10.2. The van der Waals surface area contributed by atoms with Crippen LogP contribution in [0.3, 0.4) is 0 Å². The number of nitrogens with zero attached hydrogens (tertiary/aromatic N) is 2. The Kier molecular flexibility index (Phi) is 7.17. The number of anilines is 1. The third kappa shape index (κ3) is 5.62. The quantitative estimate of drug-likeness (QED) is 0.527. The van der Waals surface area contributed by atoms with Crippen molar-refractivity contribution in [3.8, 4) is 0 Å². The number of ether oxygens (including phenoxy) is 1. The molecule has 1 aliphatic rings. The Morgan fingerprint density at radius 3 is 2.39 bits per heavy atom.